The third-order valence-electron chi connectivity index (χ3n) is 4.04. The molecule has 0 fully saturated rings. The summed E-state index contributed by atoms with van der Waals surface area (Å²) < 4.78 is 5.42. The van der Waals surface area contributed by atoms with Crippen LogP contribution < -0.4 is 10.7 Å². The van der Waals surface area contributed by atoms with E-state index in [0.717, 1.165) is 11.6 Å². The van der Waals surface area contributed by atoms with E-state index in [1.807, 2.05) is 13.0 Å². The third-order valence-corrected chi connectivity index (χ3v) is 4.04. The van der Waals surface area contributed by atoms with E-state index in [9.17, 15) is 19.5 Å². The smallest absolute Gasteiger partial charge is 0.307 e. The molecule has 142 valence electrons. The molecule has 0 aliphatic carbocycles. The van der Waals surface area contributed by atoms with Crippen molar-refractivity contribution in [2.75, 3.05) is 5.32 Å². The molecule has 1 aromatic heterocycles. The largest absolute Gasteiger partial charge is 0.506 e. The number of carbonyl (C=O) groups is 2. The molecular weight excluding hydrogens is 362 g/mol. The fourth-order valence-electron chi connectivity index (χ4n) is 2.68. The molecule has 0 bridgehead atoms. The molecular formula is C21H17NO6. The lowest BCUT2D eigenvalue weighted by Crippen LogP contribution is -2.10. The van der Waals surface area contributed by atoms with Gasteiger partial charge in [-0.25, -0.2) is 0 Å². The number of benzene rings is 2. The zero-order chi connectivity index (χ0) is 20.3. The van der Waals surface area contributed by atoms with Crippen molar-refractivity contribution in [1.29, 1.82) is 0 Å². The quantitative estimate of drug-likeness (QED) is 0.463. The minimum atomic E-state index is -1.03. The molecule has 7 heteroatoms. The van der Waals surface area contributed by atoms with Gasteiger partial charge in [-0.15, -0.1) is 0 Å². The van der Waals surface area contributed by atoms with Crippen molar-refractivity contribution in [2.45, 2.75) is 13.3 Å². The van der Waals surface area contributed by atoms with E-state index in [1.54, 1.807) is 12.1 Å². The van der Waals surface area contributed by atoms with Gasteiger partial charge in [-0.1, -0.05) is 17.7 Å². The predicted molar refractivity (Wildman–Crippen MR) is 104 cm³/mol. The lowest BCUT2D eigenvalue weighted by molar-refractivity contribution is -0.136. The van der Waals surface area contributed by atoms with Gasteiger partial charge < -0.3 is 19.9 Å². The first-order valence-corrected chi connectivity index (χ1v) is 8.38. The number of aromatic hydroxyl groups is 1. The lowest BCUT2D eigenvalue weighted by Gasteiger charge is -2.07. The molecule has 0 aliphatic heterocycles. The van der Waals surface area contributed by atoms with E-state index in [4.69, 9.17) is 9.52 Å². The number of hydrogen-bond acceptors (Lipinski definition) is 5. The third kappa shape index (κ3) is 4.27. The Kier molecular flexibility index (Phi) is 5.26. The average molecular weight is 379 g/mol. The number of carboxylic acid groups (broad SMARTS) is 1. The Balaban J connectivity index is 1.81. The Bertz CT molecular complexity index is 1160. The molecule has 3 aromatic rings. The van der Waals surface area contributed by atoms with Gasteiger partial charge >= 0.3 is 5.97 Å². The van der Waals surface area contributed by atoms with Crippen LogP contribution >= 0.6 is 0 Å². The number of carbonyl (C=O) groups excluding carboxylic acids is 1. The normalized spacial score (nSPS) is 11.0. The fraction of sp³-hybridized carbons (Fsp3) is 0.0952. The van der Waals surface area contributed by atoms with E-state index in [-0.39, 0.29) is 28.8 Å². The first kappa shape index (κ1) is 18.9. The van der Waals surface area contributed by atoms with Crippen LogP contribution in [0.3, 0.4) is 0 Å². The molecule has 0 radical (unpaired) electrons. The highest BCUT2D eigenvalue weighted by molar-refractivity contribution is 6.03. The summed E-state index contributed by atoms with van der Waals surface area (Å²) in [4.78, 5) is 35.5. The Morgan fingerprint density at radius 2 is 1.96 bits per heavy atom. The zero-order valence-electron chi connectivity index (χ0n) is 14.9. The van der Waals surface area contributed by atoms with E-state index >= 15 is 0 Å². The Morgan fingerprint density at radius 3 is 2.71 bits per heavy atom. The van der Waals surface area contributed by atoms with Crippen molar-refractivity contribution in [2.24, 2.45) is 0 Å². The highest BCUT2D eigenvalue weighted by Gasteiger charge is 2.09. The maximum atomic E-state index is 12.5. The maximum absolute atomic E-state index is 12.5. The summed E-state index contributed by atoms with van der Waals surface area (Å²) in [6, 6.07) is 9.39. The molecule has 1 amide bonds. The highest BCUT2D eigenvalue weighted by Crippen LogP contribution is 2.24. The molecule has 3 rings (SSSR count). The monoisotopic (exact) mass is 379 g/mol. The number of hydrogen-bond donors (Lipinski definition) is 3. The molecule has 28 heavy (non-hydrogen) atoms. The molecule has 2 aromatic carbocycles. The topological polar surface area (TPSA) is 117 Å². The fourth-order valence-corrected chi connectivity index (χ4v) is 2.68. The van der Waals surface area contributed by atoms with Crippen molar-refractivity contribution in [3.8, 4) is 5.75 Å². The number of phenolic OH excluding ortho intramolecular Hbond substituents is 1. The minimum Gasteiger partial charge on any atom is -0.506 e. The number of anilines is 1. The summed E-state index contributed by atoms with van der Waals surface area (Å²) in [6.45, 7) is 1.86. The summed E-state index contributed by atoms with van der Waals surface area (Å²) in [6.07, 6.45) is 3.49. The van der Waals surface area contributed by atoms with Gasteiger partial charge in [0.05, 0.1) is 23.1 Å². The van der Waals surface area contributed by atoms with Crippen molar-refractivity contribution in [1.82, 2.24) is 0 Å². The molecule has 0 unspecified atom stereocenters. The first-order chi connectivity index (χ1) is 13.3. The summed E-state index contributed by atoms with van der Waals surface area (Å²) in [5, 5.41) is 21.6. The Hall–Kier alpha value is -3.87. The van der Waals surface area contributed by atoms with E-state index in [0.29, 0.717) is 16.5 Å². The number of phenols is 1. The van der Waals surface area contributed by atoms with Crippen LogP contribution in [0.25, 0.3) is 17.0 Å². The average Bonchev–Trinajstić information content (AvgIpc) is 2.64. The number of rotatable bonds is 5. The minimum absolute atomic E-state index is 0.0783. The number of aliphatic carboxylic acids is 1. The number of carboxylic acids is 1. The molecule has 3 N–H and O–H groups in total. The van der Waals surface area contributed by atoms with Crippen molar-refractivity contribution in [3.05, 3.63) is 75.7 Å². The van der Waals surface area contributed by atoms with Crippen molar-refractivity contribution < 1.29 is 24.2 Å². The molecule has 0 saturated carbocycles. The second-order valence-corrected chi connectivity index (χ2v) is 6.26. The number of amides is 1. The molecule has 0 spiro atoms. The maximum Gasteiger partial charge on any atom is 0.307 e. The summed E-state index contributed by atoms with van der Waals surface area (Å²) in [7, 11) is 0. The second kappa shape index (κ2) is 7.79. The van der Waals surface area contributed by atoms with Crippen LogP contribution in [0.5, 0.6) is 5.75 Å². The predicted octanol–water partition coefficient (Wildman–Crippen LogP) is 3.09. The summed E-state index contributed by atoms with van der Waals surface area (Å²) in [5.74, 6) is -1.82. The SMILES string of the molecule is Cc1ccc2occ(/C=C/C(=O)Nc3cc(CC(=O)O)ccc3O)c(=O)c2c1. The van der Waals surface area contributed by atoms with Crippen LogP contribution in [0.2, 0.25) is 0 Å². The van der Waals surface area contributed by atoms with Gasteiger partial charge in [0.25, 0.3) is 0 Å². The molecule has 1 heterocycles. The van der Waals surface area contributed by atoms with Gasteiger partial charge in [-0.05, 0) is 42.8 Å². The molecule has 0 saturated heterocycles. The molecule has 7 nitrogen and oxygen atoms in total. The van der Waals surface area contributed by atoms with Gasteiger partial charge in [0.2, 0.25) is 5.91 Å². The van der Waals surface area contributed by atoms with E-state index < -0.39 is 11.9 Å². The van der Waals surface area contributed by atoms with Crippen LogP contribution in [0.15, 0.2) is 57.9 Å². The second-order valence-electron chi connectivity index (χ2n) is 6.26. The summed E-state index contributed by atoms with van der Waals surface area (Å²) in [5.41, 5.74) is 1.81. The van der Waals surface area contributed by atoms with Crippen LogP contribution in [0, 0.1) is 6.92 Å². The van der Waals surface area contributed by atoms with Crippen molar-refractivity contribution >= 4 is 34.6 Å². The van der Waals surface area contributed by atoms with Crippen molar-refractivity contribution in [3.63, 3.8) is 0 Å². The Morgan fingerprint density at radius 1 is 1.18 bits per heavy atom. The van der Waals surface area contributed by atoms with Gasteiger partial charge in [0.15, 0.2) is 5.43 Å². The standard InChI is InChI=1S/C21H17NO6/c1-12-2-6-18-15(8-12)21(27)14(11-28-18)4-7-19(24)22-16-9-13(10-20(25)26)3-5-17(16)23/h2-9,11,23H,10H2,1H3,(H,22,24)(H,25,26)/b7-4+. The lowest BCUT2D eigenvalue weighted by atomic mass is 10.1. The van der Waals surface area contributed by atoms with Crippen LogP contribution in [-0.2, 0) is 16.0 Å². The molecule has 0 aliphatic rings. The first-order valence-electron chi connectivity index (χ1n) is 8.38. The van der Waals surface area contributed by atoms with Gasteiger partial charge in [-0.2, -0.15) is 0 Å². The van der Waals surface area contributed by atoms with Crippen LogP contribution in [0.4, 0.5) is 5.69 Å². The number of aryl methyl sites for hydroxylation is 1. The van der Waals surface area contributed by atoms with E-state index in [1.165, 1.54) is 30.5 Å². The number of nitrogens with one attached hydrogen (secondary N) is 1. The van der Waals surface area contributed by atoms with Gasteiger partial charge in [-0.3, -0.25) is 14.4 Å². The Labute approximate surface area is 159 Å². The van der Waals surface area contributed by atoms with E-state index in [2.05, 4.69) is 5.32 Å². The highest BCUT2D eigenvalue weighted by atomic mass is 16.4. The van der Waals surface area contributed by atoms with Gasteiger partial charge in [0.1, 0.15) is 17.6 Å². The summed E-state index contributed by atoms with van der Waals surface area (Å²) >= 11 is 0. The van der Waals surface area contributed by atoms with Crippen LogP contribution in [0.1, 0.15) is 16.7 Å². The number of fused-ring (bicyclic) bond motifs is 1. The van der Waals surface area contributed by atoms with Crippen LogP contribution in [-0.4, -0.2) is 22.1 Å². The zero-order valence-corrected chi connectivity index (χ0v) is 14.9. The van der Waals surface area contributed by atoms with Gasteiger partial charge in [0, 0.05) is 6.08 Å². The molecule has 0 atom stereocenters.